The van der Waals surface area contributed by atoms with Crippen molar-refractivity contribution >= 4 is 12.6 Å². The Bertz CT molecular complexity index is 101. The largest absolute Gasteiger partial charge is 0.176 e. The Morgan fingerprint density at radius 1 is 1.40 bits per heavy atom. The van der Waals surface area contributed by atoms with Gasteiger partial charge in [0.2, 0.25) is 0 Å². The maximum atomic E-state index is 4.48. The normalized spacial score (nSPS) is 41.7. The molecule has 0 nitrogen and oxygen atoms in total. The monoisotopic (exact) mass is 158 g/mol. The van der Waals surface area contributed by atoms with Gasteiger partial charge in [0.05, 0.1) is 0 Å². The van der Waals surface area contributed by atoms with Crippen LogP contribution in [0.1, 0.15) is 46.0 Å². The summed E-state index contributed by atoms with van der Waals surface area (Å²) in [6, 6.07) is 0. The van der Waals surface area contributed by atoms with Crippen LogP contribution in [0.2, 0.25) is 0 Å². The molecule has 0 aromatic rings. The summed E-state index contributed by atoms with van der Waals surface area (Å²) in [6.45, 7) is 4.71. The molecule has 1 aliphatic carbocycles. The quantitative estimate of drug-likeness (QED) is 0.556. The third-order valence-electron chi connectivity index (χ3n) is 3.02. The van der Waals surface area contributed by atoms with Crippen molar-refractivity contribution < 1.29 is 0 Å². The number of hydrogen-bond donors (Lipinski definition) is 1. The number of hydrogen-bond acceptors (Lipinski definition) is 1. The molecule has 0 aliphatic heterocycles. The molecule has 1 fully saturated rings. The lowest BCUT2D eigenvalue weighted by Gasteiger charge is -2.34. The molecule has 1 rings (SSSR count). The van der Waals surface area contributed by atoms with Gasteiger partial charge in [-0.15, -0.1) is 0 Å². The summed E-state index contributed by atoms with van der Waals surface area (Å²) in [7, 11) is 0. The van der Waals surface area contributed by atoms with Gasteiger partial charge >= 0.3 is 0 Å². The molecule has 0 amide bonds. The van der Waals surface area contributed by atoms with Crippen LogP contribution in [0, 0.1) is 5.41 Å². The summed E-state index contributed by atoms with van der Waals surface area (Å²) in [5, 5.41) is 0.694. The third kappa shape index (κ3) is 1.91. The second kappa shape index (κ2) is 3.17. The Morgan fingerprint density at radius 2 is 1.90 bits per heavy atom. The minimum atomic E-state index is 0.652. The van der Waals surface area contributed by atoms with Crippen LogP contribution in [0.25, 0.3) is 0 Å². The molecule has 0 saturated heterocycles. The Morgan fingerprint density at radius 3 is 2.30 bits per heavy atom. The highest BCUT2D eigenvalue weighted by Gasteiger charge is 2.27. The van der Waals surface area contributed by atoms with Crippen LogP contribution in [-0.2, 0) is 0 Å². The van der Waals surface area contributed by atoms with Crippen LogP contribution >= 0.6 is 12.6 Å². The molecule has 0 heterocycles. The van der Waals surface area contributed by atoms with E-state index < -0.39 is 0 Å². The van der Waals surface area contributed by atoms with Crippen LogP contribution in [0.15, 0.2) is 0 Å². The third-order valence-corrected chi connectivity index (χ3v) is 3.53. The van der Waals surface area contributed by atoms with Gasteiger partial charge in [-0.05, 0) is 31.1 Å². The van der Waals surface area contributed by atoms with Gasteiger partial charge in [0.15, 0.2) is 0 Å². The molecule has 10 heavy (non-hydrogen) atoms. The predicted molar refractivity (Wildman–Crippen MR) is 49.6 cm³/mol. The van der Waals surface area contributed by atoms with Gasteiger partial charge in [-0.2, -0.15) is 12.6 Å². The maximum absolute atomic E-state index is 4.48. The number of thiol groups is 1. The molecule has 0 atom stereocenters. The summed E-state index contributed by atoms with van der Waals surface area (Å²) in [5.41, 5.74) is 0.652. The zero-order chi connectivity index (χ0) is 7.61. The second-order valence-corrected chi connectivity index (χ2v) is 4.63. The minimum Gasteiger partial charge on any atom is -0.176 e. The molecule has 60 valence electrons. The first-order valence-electron chi connectivity index (χ1n) is 4.34. The molecule has 0 radical (unpaired) electrons. The van der Waals surface area contributed by atoms with E-state index in [-0.39, 0.29) is 0 Å². The fraction of sp³-hybridized carbons (Fsp3) is 1.00. The Kier molecular flexibility index (Phi) is 2.67. The molecule has 1 saturated carbocycles. The molecule has 0 aromatic heterocycles. The van der Waals surface area contributed by atoms with Gasteiger partial charge in [-0.1, -0.05) is 20.3 Å². The zero-order valence-corrected chi connectivity index (χ0v) is 7.95. The van der Waals surface area contributed by atoms with E-state index in [4.69, 9.17) is 0 Å². The summed E-state index contributed by atoms with van der Waals surface area (Å²) in [6.07, 6.45) is 6.77. The molecule has 1 heteroatoms. The topological polar surface area (TPSA) is 0 Å². The highest BCUT2D eigenvalue weighted by molar-refractivity contribution is 7.80. The summed E-state index contributed by atoms with van der Waals surface area (Å²) in [5.74, 6) is 0. The molecule has 0 spiro atoms. The molecular weight excluding hydrogens is 140 g/mol. The maximum Gasteiger partial charge on any atom is 0.00172 e. The van der Waals surface area contributed by atoms with Gasteiger partial charge in [0.25, 0.3) is 0 Å². The van der Waals surface area contributed by atoms with E-state index >= 15 is 0 Å². The van der Waals surface area contributed by atoms with Crippen molar-refractivity contribution in [3.63, 3.8) is 0 Å². The van der Waals surface area contributed by atoms with E-state index in [2.05, 4.69) is 26.5 Å². The van der Waals surface area contributed by atoms with Crippen molar-refractivity contribution in [3.8, 4) is 0 Å². The van der Waals surface area contributed by atoms with Crippen LogP contribution in [-0.4, -0.2) is 5.25 Å². The first kappa shape index (κ1) is 8.45. The first-order chi connectivity index (χ1) is 4.66. The highest BCUT2D eigenvalue weighted by Crippen LogP contribution is 2.39. The van der Waals surface area contributed by atoms with Gasteiger partial charge in [0, 0.05) is 5.25 Å². The van der Waals surface area contributed by atoms with Crippen molar-refractivity contribution in [2.45, 2.75) is 51.2 Å². The minimum absolute atomic E-state index is 0.652. The summed E-state index contributed by atoms with van der Waals surface area (Å²) >= 11 is 4.48. The zero-order valence-electron chi connectivity index (χ0n) is 7.06. The van der Waals surface area contributed by atoms with Crippen LogP contribution < -0.4 is 0 Å². The molecule has 0 N–H and O–H groups in total. The molecular formula is C9H18S. The molecule has 0 unspecified atom stereocenters. The average Bonchev–Trinajstić information content (AvgIpc) is 1.96. The SMILES string of the molecule is CC[C@]1(C)CC[C@@H](S)CC1. The van der Waals surface area contributed by atoms with Crippen molar-refractivity contribution in [2.75, 3.05) is 0 Å². The average molecular weight is 158 g/mol. The lowest BCUT2D eigenvalue weighted by Crippen LogP contribution is -2.23. The van der Waals surface area contributed by atoms with E-state index in [9.17, 15) is 0 Å². The van der Waals surface area contributed by atoms with Crippen LogP contribution in [0.3, 0.4) is 0 Å². The second-order valence-electron chi connectivity index (χ2n) is 3.90. The van der Waals surface area contributed by atoms with E-state index in [0.29, 0.717) is 10.7 Å². The van der Waals surface area contributed by atoms with Crippen molar-refractivity contribution in [3.05, 3.63) is 0 Å². The Hall–Kier alpha value is 0.350. The summed E-state index contributed by atoms with van der Waals surface area (Å²) < 4.78 is 0. The van der Waals surface area contributed by atoms with Crippen molar-refractivity contribution in [1.29, 1.82) is 0 Å². The smallest absolute Gasteiger partial charge is 0.00172 e. The van der Waals surface area contributed by atoms with Gasteiger partial charge in [-0.3, -0.25) is 0 Å². The first-order valence-corrected chi connectivity index (χ1v) is 4.86. The van der Waals surface area contributed by atoms with Crippen molar-refractivity contribution in [2.24, 2.45) is 5.41 Å². The predicted octanol–water partition coefficient (Wildman–Crippen LogP) is 3.28. The van der Waals surface area contributed by atoms with E-state index in [1.165, 1.54) is 32.1 Å². The fourth-order valence-electron chi connectivity index (χ4n) is 1.65. The standard InChI is InChI=1S/C9H18S/c1-3-9(2)6-4-8(10)5-7-9/h8,10H,3-7H2,1-2H3/t8-,9-. The fourth-order valence-corrected chi connectivity index (χ4v) is 1.91. The Labute approximate surface area is 69.8 Å². The highest BCUT2D eigenvalue weighted by atomic mass is 32.1. The molecule has 1 aliphatic rings. The van der Waals surface area contributed by atoms with E-state index in [1.54, 1.807) is 0 Å². The van der Waals surface area contributed by atoms with Crippen LogP contribution in [0.5, 0.6) is 0 Å². The molecule has 0 aromatic carbocycles. The lowest BCUT2D eigenvalue weighted by molar-refractivity contribution is 0.212. The lowest BCUT2D eigenvalue weighted by atomic mass is 9.74. The van der Waals surface area contributed by atoms with Crippen molar-refractivity contribution in [1.82, 2.24) is 0 Å². The summed E-state index contributed by atoms with van der Waals surface area (Å²) in [4.78, 5) is 0. The van der Waals surface area contributed by atoms with E-state index in [1.807, 2.05) is 0 Å². The Balaban J connectivity index is 2.38. The van der Waals surface area contributed by atoms with Gasteiger partial charge in [0.1, 0.15) is 0 Å². The van der Waals surface area contributed by atoms with Gasteiger partial charge in [-0.25, -0.2) is 0 Å². The molecule has 0 bridgehead atoms. The van der Waals surface area contributed by atoms with Crippen LogP contribution in [0.4, 0.5) is 0 Å². The number of rotatable bonds is 1. The van der Waals surface area contributed by atoms with E-state index in [0.717, 1.165) is 0 Å². The van der Waals surface area contributed by atoms with Gasteiger partial charge < -0.3 is 0 Å².